The van der Waals surface area contributed by atoms with Crippen LogP contribution in [0.15, 0.2) is 30.3 Å². The number of benzene rings is 1. The number of aromatic carboxylic acids is 1. The van der Waals surface area contributed by atoms with Crippen molar-refractivity contribution in [1.29, 1.82) is 0 Å². The van der Waals surface area contributed by atoms with Gasteiger partial charge >= 0.3 is 5.97 Å². The molecule has 0 unspecified atom stereocenters. The minimum absolute atomic E-state index is 0.349. The van der Waals surface area contributed by atoms with Gasteiger partial charge in [-0.05, 0) is 35.6 Å². The van der Waals surface area contributed by atoms with E-state index in [9.17, 15) is 4.79 Å². The number of nitrogens with zero attached hydrogens (tertiary/aromatic N) is 1. The highest BCUT2D eigenvalue weighted by atomic mass is 16.4. The van der Waals surface area contributed by atoms with Crippen molar-refractivity contribution in [2.24, 2.45) is 5.92 Å². The van der Waals surface area contributed by atoms with Crippen LogP contribution < -0.4 is 0 Å². The van der Waals surface area contributed by atoms with E-state index in [1.54, 1.807) is 12.1 Å². The lowest BCUT2D eigenvalue weighted by Gasteiger charge is -2.27. The first-order chi connectivity index (χ1) is 9.06. The van der Waals surface area contributed by atoms with Crippen molar-refractivity contribution < 1.29 is 9.90 Å². The lowest BCUT2D eigenvalue weighted by molar-refractivity contribution is 0.0697. The molecule has 0 aliphatic carbocycles. The molecule has 0 spiro atoms. The highest BCUT2D eigenvalue weighted by Crippen LogP contribution is 2.23. The van der Waals surface area contributed by atoms with E-state index < -0.39 is 5.97 Å². The molecule has 1 aliphatic heterocycles. The average Bonchev–Trinajstić information content (AvgIpc) is 2.39. The van der Waals surface area contributed by atoms with Crippen molar-refractivity contribution in [2.75, 3.05) is 19.6 Å². The molecule has 2 rings (SSSR count). The molecule has 0 saturated carbocycles. The number of carboxylic acid groups (broad SMARTS) is 1. The van der Waals surface area contributed by atoms with Crippen LogP contribution in [0.5, 0.6) is 0 Å². The van der Waals surface area contributed by atoms with Crippen molar-refractivity contribution in [3.63, 3.8) is 0 Å². The van der Waals surface area contributed by atoms with E-state index in [2.05, 4.69) is 24.8 Å². The maximum atomic E-state index is 10.8. The van der Waals surface area contributed by atoms with Crippen LogP contribution in [0.3, 0.4) is 0 Å². The predicted octanol–water partition coefficient (Wildman–Crippen LogP) is 3.13. The summed E-state index contributed by atoms with van der Waals surface area (Å²) in [4.78, 5) is 13.3. The lowest BCUT2D eigenvalue weighted by Crippen LogP contribution is -2.31. The van der Waals surface area contributed by atoms with E-state index in [1.165, 1.54) is 5.57 Å². The van der Waals surface area contributed by atoms with E-state index in [4.69, 9.17) is 5.11 Å². The third-order valence-electron chi connectivity index (χ3n) is 3.42. The van der Waals surface area contributed by atoms with Crippen LogP contribution in [-0.2, 0) is 0 Å². The maximum absolute atomic E-state index is 10.8. The minimum atomic E-state index is -0.868. The van der Waals surface area contributed by atoms with Gasteiger partial charge in [-0.15, -0.1) is 0 Å². The molecule has 1 aromatic rings. The van der Waals surface area contributed by atoms with Gasteiger partial charge in [-0.25, -0.2) is 4.79 Å². The van der Waals surface area contributed by atoms with Gasteiger partial charge in [0, 0.05) is 19.6 Å². The maximum Gasteiger partial charge on any atom is 0.335 e. The van der Waals surface area contributed by atoms with Crippen molar-refractivity contribution in [3.05, 3.63) is 41.5 Å². The van der Waals surface area contributed by atoms with Gasteiger partial charge < -0.3 is 5.11 Å². The first kappa shape index (κ1) is 13.8. The first-order valence-electron chi connectivity index (χ1n) is 6.81. The fraction of sp³-hybridized carbons (Fsp3) is 0.438. The number of rotatable bonds is 4. The van der Waals surface area contributed by atoms with E-state index in [1.807, 2.05) is 12.1 Å². The van der Waals surface area contributed by atoms with Gasteiger partial charge in [-0.3, -0.25) is 4.90 Å². The Balaban J connectivity index is 2.03. The van der Waals surface area contributed by atoms with Gasteiger partial charge in [0.15, 0.2) is 0 Å². The smallest absolute Gasteiger partial charge is 0.335 e. The number of carboxylic acids is 1. The Morgan fingerprint density at radius 2 is 2.00 bits per heavy atom. The minimum Gasteiger partial charge on any atom is -0.478 e. The summed E-state index contributed by atoms with van der Waals surface area (Å²) in [6.45, 7) is 7.70. The number of carbonyl (C=O) groups is 1. The normalized spacial score (nSPS) is 16.5. The van der Waals surface area contributed by atoms with Gasteiger partial charge in [0.05, 0.1) is 5.56 Å². The molecule has 19 heavy (non-hydrogen) atoms. The van der Waals surface area contributed by atoms with Crippen LogP contribution in [0.4, 0.5) is 0 Å². The summed E-state index contributed by atoms with van der Waals surface area (Å²) < 4.78 is 0. The van der Waals surface area contributed by atoms with Crippen LogP contribution >= 0.6 is 0 Å². The van der Waals surface area contributed by atoms with Gasteiger partial charge in [-0.1, -0.05) is 32.1 Å². The Labute approximate surface area is 114 Å². The second-order valence-electron chi connectivity index (χ2n) is 5.52. The second kappa shape index (κ2) is 6.02. The molecule has 0 amide bonds. The highest BCUT2D eigenvalue weighted by molar-refractivity contribution is 5.88. The molecule has 1 aromatic carbocycles. The lowest BCUT2D eigenvalue weighted by atomic mass is 9.98. The topological polar surface area (TPSA) is 40.5 Å². The van der Waals surface area contributed by atoms with Gasteiger partial charge in [0.2, 0.25) is 0 Å². The molecule has 0 fully saturated rings. The molecule has 0 saturated heterocycles. The highest BCUT2D eigenvalue weighted by Gasteiger charge is 2.14. The molecule has 3 heteroatoms. The monoisotopic (exact) mass is 259 g/mol. The first-order valence-corrected chi connectivity index (χ1v) is 6.81. The molecule has 1 aliphatic rings. The second-order valence-corrected chi connectivity index (χ2v) is 5.52. The van der Waals surface area contributed by atoms with Crippen LogP contribution in [0, 0.1) is 5.92 Å². The standard InChI is InChI=1S/C16H21NO2/c1-12(2)11-17-9-7-14(8-10-17)13-3-5-15(6-4-13)16(18)19/h3-7,12H,8-11H2,1-2H3,(H,18,19). The van der Waals surface area contributed by atoms with Crippen molar-refractivity contribution in [2.45, 2.75) is 20.3 Å². The molecule has 0 atom stereocenters. The summed E-state index contributed by atoms with van der Waals surface area (Å²) in [6, 6.07) is 7.18. The largest absolute Gasteiger partial charge is 0.478 e. The zero-order valence-electron chi connectivity index (χ0n) is 11.6. The van der Waals surface area contributed by atoms with Crippen molar-refractivity contribution in [1.82, 2.24) is 4.90 Å². The Bertz CT molecular complexity index is 474. The zero-order chi connectivity index (χ0) is 13.8. The van der Waals surface area contributed by atoms with E-state index in [0.717, 1.165) is 31.6 Å². The molecule has 0 radical (unpaired) electrons. The van der Waals surface area contributed by atoms with Gasteiger partial charge in [-0.2, -0.15) is 0 Å². The summed E-state index contributed by atoms with van der Waals surface area (Å²) in [5, 5.41) is 8.88. The summed E-state index contributed by atoms with van der Waals surface area (Å²) in [5.74, 6) is -0.169. The molecular formula is C16H21NO2. The van der Waals surface area contributed by atoms with Gasteiger partial charge in [0.1, 0.15) is 0 Å². The van der Waals surface area contributed by atoms with E-state index in [0.29, 0.717) is 11.5 Å². The Morgan fingerprint density at radius 1 is 1.32 bits per heavy atom. The molecule has 1 heterocycles. The third-order valence-corrected chi connectivity index (χ3v) is 3.42. The van der Waals surface area contributed by atoms with E-state index >= 15 is 0 Å². The van der Waals surface area contributed by atoms with Gasteiger partial charge in [0.25, 0.3) is 0 Å². The molecule has 1 N–H and O–H groups in total. The summed E-state index contributed by atoms with van der Waals surface area (Å²) >= 11 is 0. The quantitative estimate of drug-likeness (QED) is 0.903. The van der Waals surface area contributed by atoms with Crippen molar-refractivity contribution in [3.8, 4) is 0 Å². The zero-order valence-corrected chi connectivity index (χ0v) is 11.6. The number of hydrogen-bond acceptors (Lipinski definition) is 2. The van der Waals surface area contributed by atoms with Crippen LogP contribution in [0.25, 0.3) is 5.57 Å². The van der Waals surface area contributed by atoms with Crippen molar-refractivity contribution >= 4 is 11.5 Å². The molecule has 0 aromatic heterocycles. The van der Waals surface area contributed by atoms with Crippen LogP contribution in [0.2, 0.25) is 0 Å². The SMILES string of the molecule is CC(C)CN1CC=C(c2ccc(C(=O)O)cc2)CC1. The summed E-state index contributed by atoms with van der Waals surface area (Å²) in [6.07, 6.45) is 3.31. The Kier molecular flexibility index (Phi) is 4.38. The summed E-state index contributed by atoms with van der Waals surface area (Å²) in [7, 11) is 0. The third kappa shape index (κ3) is 3.67. The average molecular weight is 259 g/mol. The Morgan fingerprint density at radius 3 is 2.47 bits per heavy atom. The Hall–Kier alpha value is -1.61. The predicted molar refractivity (Wildman–Crippen MR) is 77.3 cm³/mol. The fourth-order valence-corrected chi connectivity index (χ4v) is 2.48. The fourth-order valence-electron chi connectivity index (χ4n) is 2.48. The van der Waals surface area contributed by atoms with E-state index in [-0.39, 0.29) is 0 Å². The molecule has 3 nitrogen and oxygen atoms in total. The van der Waals surface area contributed by atoms with Crippen LogP contribution in [0.1, 0.15) is 36.2 Å². The molecule has 102 valence electrons. The van der Waals surface area contributed by atoms with Crippen LogP contribution in [-0.4, -0.2) is 35.6 Å². The summed E-state index contributed by atoms with van der Waals surface area (Å²) in [5.41, 5.74) is 2.83. The molecular weight excluding hydrogens is 238 g/mol. The molecule has 0 bridgehead atoms. The number of hydrogen-bond donors (Lipinski definition) is 1.